The molecule has 5 aliphatic rings. The number of aliphatic hydroxyl groups excluding tert-OH is 13. The van der Waals surface area contributed by atoms with Crippen LogP contribution in [0.5, 0.6) is 11.5 Å². The summed E-state index contributed by atoms with van der Waals surface area (Å²) in [6.07, 6.45) is -29.9. The predicted octanol–water partition coefficient (Wildman–Crippen LogP) is -8.57. The third-order valence-corrected chi connectivity index (χ3v) is 18.3. The highest BCUT2D eigenvalue weighted by atomic mass is 16.7. The molecule has 4 amide bonds. The second-order valence-electron chi connectivity index (χ2n) is 25.3. The maximum absolute atomic E-state index is 15.0. The lowest BCUT2D eigenvalue weighted by atomic mass is 9.93. The Morgan fingerprint density at radius 2 is 1.20 bits per heavy atom. The van der Waals surface area contributed by atoms with Gasteiger partial charge in [0.05, 0.1) is 51.2 Å². The molecule has 36 nitrogen and oxygen atoms in total. The van der Waals surface area contributed by atoms with Crippen molar-refractivity contribution in [3.8, 4) is 11.5 Å². The molecule has 0 aromatic heterocycles. The molecule has 4 aromatic carbocycles. The fraction of sp³-hybridized carbons (Fsp3) is 0.530. The number of carbonyl (C=O) groups excluding carboxylic acids is 5. The molecule has 0 spiro atoms. The zero-order chi connectivity index (χ0) is 73.6. The first kappa shape index (κ1) is 78.0. The van der Waals surface area contributed by atoms with Crippen molar-refractivity contribution in [1.82, 2.24) is 42.1 Å². The van der Waals surface area contributed by atoms with E-state index in [2.05, 4.69) is 37.2 Å². The Morgan fingerprint density at radius 1 is 0.618 bits per heavy atom. The SMILES string of the molecule is CC(c1ccccc1)C(N)C(=O)NC(Cc1ccc(OC2OC(CO)C(OC3OC(COCc4ccc(OCc5ccccc5)cc4)C(O)C(O)C3O)C(O)C2O)cc1)C(=O)NC(C(=O)NC(C(=O)NC([C]=O)CO)C(O)C1CNC(=N)N1C1OC(CO)C(O)C(O)C1O)C(O)C1CNC(=N)N1. The highest BCUT2D eigenvalue weighted by molar-refractivity contribution is 5.96. The number of nitrogens with zero attached hydrogens (tertiary/aromatic N) is 1. The van der Waals surface area contributed by atoms with Crippen molar-refractivity contribution in [1.29, 1.82) is 10.8 Å². The average molecular weight is 1440 g/mol. The van der Waals surface area contributed by atoms with Crippen molar-refractivity contribution in [2.45, 2.75) is 179 Å². The Morgan fingerprint density at radius 3 is 1.83 bits per heavy atom. The predicted molar refractivity (Wildman–Crippen MR) is 350 cm³/mol. The highest BCUT2D eigenvalue weighted by Crippen LogP contribution is 2.33. The molecular formula is C66H88N11O25. The van der Waals surface area contributed by atoms with Crippen LogP contribution in [0.15, 0.2) is 109 Å². The Kier molecular flexibility index (Phi) is 27.4. The van der Waals surface area contributed by atoms with Crippen LogP contribution >= 0.6 is 0 Å². The first-order valence-corrected chi connectivity index (χ1v) is 32.8. The summed E-state index contributed by atoms with van der Waals surface area (Å²) in [6.45, 7) is -1.78. The zero-order valence-corrected chi connectivity index (χ0v) is 54.9. The minimum absolute atomic E-state index is 0.0351. The van der Waals surface area contributed by atoms with E-state index in [-0.39, 0.29) is 37.0 Å². The number of hydrogen-bond acceptors (Lipinski definition) is 28. The van der Waals surface area contributed by atoms with Crippen LogP contribution in [0.1, 0.15) is 35.1 Å². The van der Waals surface area contributed by atoms with Gasteiger partial charge in [-0.2, -0.15) is 0 Å². The third-order valence-electron chi connectivity index (χ3n) is 18.3. The number of rotatable bonds is 32. The third kappa shape index (κ3) is 18.8. The summed E-state index contributed by atoms with van der Waals surface area (Å²) in [5, 5.41) is 176. The normalized spacial score (nSPS) is 30.3. The maximum Gasteiger partial charge on any atom is 0.246 e. The van der Waals surface area contributed by atoms with Crippen LogP contribution in [0.3, 0.4) is 0 Å². The number of carbonyl (C=O) groups is 4. The van der Waals surface area contributed by atoms with Crippen molar-refractivity contribution >= 4 is 41.8 Å². The van der Waals surface area contributed by atoms with Crippen molar-refractivity contribution < 1.29 is 124 Å². The van der Waals surface area contributed by atoms with Gasteiger partial charge in [0.1, 0.15) is 128 Å². The molecule has 5 heterocycles. The monoisotopic (exact) mass is 1430 g/mol. The largest absolute Gasteiger partial charge is 0.489 e. The van der Waals surface area contributed by atoms with Gasteiger partial charge in [-0.3, -0.25) is 34.8 Å². The Balaban J connectivity index is 0.898. The van der Waals surface area contributed by atoms with Gasteiger partial charge < -0.3 is 147 Å². The molecule has 25 atom stereocenters. The topological polar surface area (TPSA) is 574 Å². The van der Waals surface area contributed by atoms with Gasteiger partial charge in [0, 0.05) is 25.4 Å². The molecule has 9 rings (SSSR count). The quantitative estimate of drug-likeness (QED) is 0.0216. The number of amides is 4. The summed E-state index contributed by atoms with van der Waals surface area (Å²) in [5.41, 5.74) is 9.13. The van der Waals surface area contributed by atoms with Crippen LogP contribution in [-0.4, -0.2) is 299 Å². The van der Waals surface area contributed by atoms with Crippen LogP contribution in [0.4, 0.5) is 0 Å². The molecular weight excluding hydrogens is 1350 g/mol. The van der Waals surface area contributed by atoms with Crippen molar-refractivity contribution in [2.75, 3.05) is 39.5 Å². The molecule has 5 fully saturated rings. The molecule has 5 saturated heterocycles. The number of guanidine groups is 2. The molecule has 5 aliphatic heterocycles. The van der Waals surface area contributed by atoms with E-state index < -0.39 is 215 Å². The fourth-order valence-electron chi connectivity index (χ4n) is 12.2. The van der Waals surface area contributed by atoms with E-state index in [1.165, 1.54) is 30.6 Å². The lowest BCUT2D eigenvalue weighted by Gasteiger charge is -2.46. The molecule has 0 aliphatic carbocycles. The van der Waals surface area contributed by atoms with Gasteiger partial charge in [-0.25, -0.2) is 0 Å². The number of benzene rings is 4. The number of nitrogens with two attached hydrogens (primary N) is 1. The zero-order valence-electron chi connectivity index (χ0n) is 54.9. The van der Waals surface area contributed by atoms with E-state index in [4.69, 9.17) is 49.7 Å². The Labute approximate surface area is 583 Å². The van der Waals surface area contributed by atoms with E-state index in [1.807, 2.05) is 30.3 Å². The van der Waals surface area contributed by atoms with Crippen molar-refractivity contribution in [3.05, 3.63) is 131 Å². The first-order chi connectivity index (χ1) is 48.8. The van der Waals surface area contributed by atoms with E-state index in [0.717, 1.165) is 16.0 Å². The van der Waals surface area contributed by atoms with E-state index in [9.17, 15) is 90.4 Å². The molecule has 4 aromatic rings. The molecule has 24 N–H and O–H groups in total. The van der Waals surface area contributed by atoms with Crippen LogP contribution in [-0.2, 0) is 67.3 Å². The van der Waals surface area contributed by atoms with Gasteiger partial charge in [0.15, 0.2) is 24.4 Å². The fourth-order valence-corrected chi connectivity index (χ4v) is 12.2. The molecule has 557 valence electrons. The molecule has 102 heavy (non-hydrogen) atoms. The van der Waals surface area contributed by atoms with Gasteiger partial charge in [0.25, 0.3) is 0 Å². The molecule has 25 unspecified atom stereocenters. The number of hydrogen-bond donors (Lipinski definition) is 23. The molecule has 1 radical (unpaired) electrons. The van der Waals surface area contributed by atoms with Gasteiger partial charge in [-0.05, 0) is 46.5 Å². The number of ether oxygens (including phenoxy) is 7. The van der Waals surface area contributed by atoms with Gasteiger partial charge >= 0.3 is 0 Å². The summed E-state index contributed by atoms with van der Waals surface area (Å²) >= 11 is 0. The van der Waals surface area contributed by atoms with Crippen LogP contribution in [0.2, 0.25) is 0 Å². The standard InChI is InChI=1S/C66H88N11O25/c1-30(34-10-6-3-7-11-34)44(67)59(93)73-38(58(92)75-45(47(82)39-21-70-65(68)74-39)61(95)76-46(60(94)72-35(23-78)24-79)48(83)40-22-71-66(69)77(40)62-54(89)51(86)49(84)41(25-80)99-62)20-31-12-18-37(19-13-31)98-63-56(91)53(88)57(42(26-81)100-63)102-64-55(90)52(87)50(85)43(101-64)29-96-27-33-14-16-36(17-15-33)97-28-32-8-4-2-5-9-32/h2-19,30,35,38-57,62-64,78,80-91H,20-23,25-29,67H2,1H3,(H2,69,71)(H,72,94)(H,73,93)(H,75,92)(H,76,95)(H3,68,70,74). The maximum atomic E-state index is 15.0. The van der Waals surface area contributed by atoms with Crippen LogP contribution in [0.25, 0.3) is 0 Å². The molecule has 36 heteroatoms. The lowest BCUT2D eigenvalue weighted by molar-refractivity contribution is -0.353. The van der Waals surface area contributed by atoms with Crippen molar-refractivity contribution in [2.24, 2.45) is 5.73 Å². The lowest BCUT2D eigenvalue weighted by Crippen LogP contribution is -2.69. The molecule has 0 saturated carbocycles. The average Bonchev–Trinajstić information content (AvgIpc) is 1.41. The smallest absolute Gasteiger partial charge is 0.246 e. The Bertz CT molecular complexity index is 3420. The molecule has 0 bridgehead atoms. The van der Waals surface area contributed by atoms with Gasteiger partial charge in [0.2, 0.25) is 36.2 Å². The van der Waals surface area contributed by atoms with E-state index >= 15 is 0 Å². The van der Waals surface area contributed by atoms with E-state index in [1.54, 1.807) is 61.5 Å². The summed E-state index contributed by atoms with van der Waals surface area (Å²) in [6, 6.07) is 18.5. The minimum atomic E-state index is -2.30. The number of aliphatic hydroxyl groups is 13. The Hall–Kier alpha value is -8.19. The second-order valence-corrected chi connectivity index (χ2v) is 25.3. The summed E-state index contributed by atoms with van der Waals surface area (Å²) in [5.74, 6) is -5.93. The van der Waals surface area contributed by atoms with Crippen LogP contribution in [0, 0.1) is 10.8 Å². The summed E-state index contributed by atoms with van der Waals surface area (Å²) in [4.78, 5) is 71.0. The van der Waals surface area contributed by atoms with Crippen molar-refractivity contribution in [3.63, 3.8) is 0 Å². The first-order valence-electron chi connectivity index (χ1n) is 32.8. The van der Waals surface area contributed by atoms with Gasteiger partial charge in [-0.1, -0.05) is 91.9 Å². The summed E-state index contributed by atoms with van der Waals surface area (Å²) < 4.78 is 40.8. The summed E-state index contributed by atoms with van der Waals surface area (Å²) in [7, 11) is 0. The van der Waals surface area contributed by atoms with E-state index in [0.29, 0.717) is 17.9 Å². The minimum Gasteiger partial charge on any atom is -0.489 e. The number of nitrogens with one attached hydrogen (secondary N) is 9. The highest BCUT2D eigenvalue weighted by Gasteiger charge is 2.54. The van der Waals surface area contributed by atoms with Crippen LogP contribution < -0.4 is 52.4 Å². The second kappa shape index (κ2) is 35.8. The van der Waals surface area contributed by atoms with Gasteiger partial charge in [-0.15, -0.1) is 0 Å².